The highest BCUT2D eigenvalue weighted by atomic mass is 16.5. The van der Waals surface area contributed by atoms with E-state index in [4.69, 9.17) is 4.52 Å². The third-order valence-corrected chi connectivity index (χ3v) is 3.61. The maximum absolute atomic E-state index is 5.18. The van der Waals surface area contributed by atoms with Crippen molar-refractivity contribution in [1.29, 1.82) is 0 Å². The van der Waals surface area contributed by atoms with Crippen LogP contribution in [0.5, 0.6) is 0 Å². The van der Waals surface area contributed by atoms with Crippen LogP contribution >= 0.6 is 0 Å². The average Bonchev–Trinajstić information content (AvgIpc) is 2.93. The van der Waals surface area contributed by atoms with Crippen molar-refractivity contribution in [2.45, 2.75) is 19.5 Å². The van der Waals surface area contributed by atoms with Crippen LogP contribution in [0, 0.1) is 6.92 Å². The van der Waals surface area contributed by atoms with Gasteiger partial charge in [0.1, 0.15) is 0 Å². The van der Waals surface area contributed by atoms with Gasteiger partial charge < -0.3 is 9.84 Å². The number of piperazine rings is 1. The highest BCUT2D eigenvalue weighted by molar-refractivity contribution is 5.24. The van der Waals surface area contributed by atoms with Gasteiger partial charge in [0.15, 0.2) is 5.76 Å². The third kappa shape index (κ3) is 3.03. The van der Waals surface area contributed by atoms with E-state index in [0.29, 0.717) is 6.04 Å². The summed E-state index contributed by atoms with van der Waals surface area (Å²) in [5.41, 5.74) is 2.66. The van der Waals surface area contributed by atoms with Crippen molar-refractivity contribution >= 4 is 0 Å². The Kier molecular flexibility index (Phi) is 3.62. The molecule has 0 spiro atoms. The number of aromatic nitrogens is 1. The lowest BCUT2D eigenvalue weighted by Gasteiger charge is -2.33. The molecule has 100 valence electrons. The van der Waals surface area contributed by atoms with Crippen LogP contribution in [0.25, 0.3) is 0 Å². The van der Waals surface area contributed by atoms with E-state index in [1.165, 1.54) is 11.1 Å². The van der Waals surface area contributed by atoms with Crippen molar-refractivity contribution in [3.8, 4) is 0 Å². The Labute approximate surface area is 113 Å². The summed E-state index contributed by atoms with van der Waals surface area (Å²) in [5, 5.41) is 7.33. The van der Waals surface area contributed by atoms with Crippen LogP contribution in [0.4, 0.5) is 0 Å². The van der Waals surface area contributed by atoms with Crippen LogP contribution in [-0.2, 0) is 6.54 Å². The van der Waals surface area contributed by atoms with E-state index >= 15 is 0 Å². The SMILES string of the molecule is Cc1ccc(C2CN(Cc3ccno3)CCN2)cc1. The first kappa shape index (κ1) is 12.4. The van der Waals surface area contributed by atoms with Crippen molar-refractivity contribution in [2.75, 3.05) is 19.6 Å². The van der Waals surface area contributed by atoms with Crippen LogP contribution in [0.2, 0.25) is 0 Å². The Morgan fingerprint density at radius 1 is 1.32 bits per heavy atom. The molecule has 1 unspecified atom stereocenters. The summed E-state index contributed by atoms with van der Waals surface area (Å²) in [5.74, 6) is 0.935. The Bertz CT molecular complexity index is 507. The molecule has 1 aromatic heterocycles. The topological polar surface area (TPSA) is 41.3 Å². The van der Waals surface area contributed by atoms with Crippen LogP contribution in [-0.4, -0.2) is 29.7 Å². The van der Waals surface area contributed by atoms with Gasteiger partial charge in [-0.25, -0.2) is 0 Å². The van der Waals surface area contributed by atoms with Gasteiger partial charge in [-0.2, -0.15) is 0 Å². The smallest absolute Gasteiger partial charge is 0.150 e. The summed E-state index contributed by atoms with van der Waals surface area (Å²) in [7, 11) is 0. The number of nitrogens with zero attached hydrogens (tertiary/aromatic N) is 2. The molecule has 1 N–H and O–H groups in total. The zero-order chi connectivity index (χ0) is 13.1. The van der Waals surface area contributed by atoms with E-state index in [0.717, 1.165) is 31.9 Å². The molecule has 0 saturated carbocycles. The minimum absolute atomic E-state index is 0.400. The molecule has 0 radical (unpaired) electrons. The van der Waals surface area contributed by atoms with Gasteiger partial charge in [0.25, 0.3) is 0 Å². The van der Waals surface area contributed by atoms with E-state index in [1.807, 2.05) is 6.07 Å². The summed E-state index contributed by atoms with van der Waals surface area (Å²) in [6.07, 6.45) is 1.70. The van der Waals surface area contributed by atoms with E-state index in [2.05, 4.69) is 46.6 Å². The van der Waals surface area contributed by atoms with E-state index in [1.54, 1.807) is 6.20 Å². The van der Waals surface area contributed by atoms with Crippen LogP contribution in [0.3, 0.4) is 0 Å². The highest BCUT2D eigenvalue weighted by Crippen LogP contribution is 2.19. The van der Waals surface area contributed by atoms with E-state index in [9.17, 15) is 0 Å². The number of rotatable bonds is 3. The number of hydrogen-bond donors (Lipinski definition) is 1. The molecule has 2 aromatic rings. The molecule has 2 heterocycles. The zero-order valence-corrected chi connectivity index (χ0v) is 11.2. The largest absolute Gasteiger partial charge is 0.360 e. The summed E-state index contributed by atoms with van der Waals surface area (Å²) in [4.78, 5) is 2.40. The molecule has 1 aliphatic rings. The van der Waals surface area contributed by atoms with Gasteiger partial charge in [-0.1, -0.05) is 35.0 Å². The molecule has 1 atom stereocenters. The Hall–Kier alpha value is -1.65. The second-order valence-electron chi connectivity index (χ2n) is 5.13. The zero-order valence-electron chi connectivity index (χ0n) is 11.2. The van der Waals surface area contributed by atoms with Crippen molar-refractivity contribution in [3.63, 3.8) is 0 Å². The first-order valence-corrected chi connectivity index (χ1v) is 6.73. The van der Waals surface area contributed by atoms with Gasteiger partial charge in [-0.3, -0.25) is 4.90 Å². The standard InChI is InChI=1S/C15H19N3O/c1-12-2-4-13(5-3-12)15-11-18(9-8-16-15)10-14-6-7-17-19-14/h2-7,15-16H,8-11H2,1H3. The van der Waals surface area contributed by atoms with Crippen LogP contribution in [0.1, 0.15) is 22.9 Å². The Morgan fingerprint density at radius 2 is 2.16 bits per heavy atom. The lowest BCUT2D eigenvalue weighted by atomic mass is 10.0. The predicted octanol–water partition coefficient (Wildman–Crippen LogP) is 2.13. The fraction of sp³-hybridized carbons (Fsp3) is 0.400. The summed E-state index contributed by atoms with van der Waals surface area (Å²) in [6.45, 7) is 6.01. The van der Waals surface area contributed by atoms with E-state index in [-0.39, 0.29) is 0 Å². The Balaban J connectivity index is 1.66. The average molecular weight is 257 g/mol. The minimum Gasteiger partial charge on any atom is -0.360 e. The van der Waals surface area contributed by atoms with Gasteiger partial charge in [0.05, 0.1) is 12.7 Å². The first-order chi connectivity index (χ1) is 9.31. The van der Waals surface area contributed by atoms with Crippen molar-refractivity contribution in [3.05, 3.63) is 53.4 Å². The second kappa shape index (κ2) is 5.55. The molecule has 4 nitrogen and oxygen atoms in total. The number of benzene rings is 1. The third-order valence-electron chi connectivity index (χ3n) is 3.61. The molecule has 0 amide bonds. The highest BCUT2D eigenvalue weighted by Gasteiger charge is 2.21. The lowest BCUT2D eigenvalue weighted by Crippen LogP contribution is -2.45. The molecule has 4 heteroatoms. The quantitative estimate of drug-likeness (QED) is 0.914. The minimum atomic E-state index is 0.400. The molecular weight excluding hydrogens is 238 g/mol. The van der Waals surface area contributed by atoms with Crippen LogP contribution in [0.15, 0.2) is 41.1 Å². The second-order valence-corrected chi connectivity index (χ2v) is 5.13. The summed E-state index contributed by atoms with van der Waals surface area (Å²) in [6, 6.07) is 11.1. The van der Waals surface area contributed by atoms with Gasteiger partial charge in [0, 0.05) is 31.7 Å². The summed E-state index contributed by atoms with van der Waals surface area (Å²) < 4.78 is 5.18. The fourth-order valence-electron chi connectivity index (χ4n) is 2.52. The number of nitrogens with one attached hydrogen (secondary N) is 1. The maximum Gasteiger partial charge on any atom is 0.150 e. The maximum atomic E-state index is 5.18. The van der Waals surface area contributed by atoms with Crippen molar-refractivity contribution in [1.82, 2.24) is 15.4 Å². The molecule has 0 bridgehead atoms. The first-order valence-electron chi connectivity index (χ1n) is 6.73. The monoisotopic (exact) mass is 257 g/mol. The number of hydrogen-bond acceptors (Lipinski definition) is 4. The summed E-state index contributed by atoms with van der Waals surface area (Å²) >= 11 is 0. The molecule has 3 rings (SSSR count). The van der Waals surface area contributed by atoms with Crippen molar-refractivity contribution < 1.29 is 4.52 Å². The predicted molar refractivity (Wildman–Crippen MR) is 73.7 cm³/mol. The van der Waals surface area contributed by atoms with Gasteiger partial charge in [0.2, 0.25) is 0 Å². The molecule has 1 saturated heterocycles. The number of aryl methyl sites for hydroxylation is 1. The van der Waals surface area contributed by atoms with Crippen molar-refractivity contribution in [2.24, 2.45) is 0 Å². The van der Waals surface area contributed by atoms with Gasteiger partial charge in [-0.05, 0) is 12.5 Å². The molecule has 1 aromatic carbocycles. The Morgan fingerprint density at radius 3 is 2.89 bits per heavy atom. The molecule has 1 aliphatic heterocycles. The normalized spacial score (nSPS) is 20.6. The van der Waals surface area contributed by atoms with Gasteiger partial charge >= 0.3 is 0 Å². The van der Waals surface area contributed by atoms with Crippen LogP contribution < -0.4 is 5.32 Å². The van der Waals surface area contributed by atoms with Gasteiger partial charge in [-0.15, -0.1) is 0 Å². The molecular formula is C15H19N3O. The molecule has 19 heavy (non-hydrogen) atoms. The molecule has 1 fully saturated rings. The van der Waals surface area contributed by atoms with E-state index < -0.39 is 0 Å². The molecule has 0 aliphatic carbocycles. The lowest BCUT2D eigenvalue weighted by molar-refractivity contribution is 0.175. The fourth-order valence-corrected chi connectivity index (χ4v) is 2.52.